The Labute approximate surface area is 148 Å². The van der Waals surface area contributed by atoms with Gasteiger partial charge in [0, 0.05) is 11.4 Å². The molecule has 0 bridgehead atoms. The lowest BCUT2D eigenvalue weighted by Crippen LogP contribution is -2.09. The zero-order chi connectivity index (χ0) is 17.2. The standard InChI is InChI=1S/C19H15N3O2S/c1-24-15-7-5-14(6-8-15)22-12-20-16-11-13(4-9-17(16)22)21-19(23)18-3-2-10-25-18/h2-12H,1H3,(H,21,23). The summed E-state index contributed by atoms with van der Waals surface area (Å²) in [6, 6.07) is 17.2. The topological polar surface area (TPSA) is 56.1 Å². The van der Waals surface area contributed by atoms with Crippen molar-refractivity contribution in [2.45, 2.75) is 0 Å². The molecule has 5 nitrogen and oxygen atoms in total. The van der Waals surface area contributed by atoms with Crippen LogP contribution in [0.3, 0.4) is 0 Å². The molecule has 1 amide bonds. The van der Waals surface area contributed by atoms with Crippen molar-refractivity contribution in [2.75, 3.05) is 12.4 Å². The van der Waals surface area contributed by atoms with Crippen molar-refractivity contribution < 1.29 is 9.53 Å². The average Bonchev–Trinajstić information content (AvgIpc) is 3.31. The third-order valence-corrected chi connectivity index (χ3v) is 4.77. The summed E-state index contributed by atoms with van der Waals surface area (Å²) in [5, 5.41) is 4.79. The molecule has 1 N–H and O–H groups in total. The van der Waals surface area contributed by atoms with E-state index in [1.54, 1.807) is 19.5 Å². The summed E-state index contributed by atoms with van der Waals surface area (Å²) in [7, 11) is 1.65. The maximum atomic E-state index is 12.2. The Hall–Kier alpha value is -3.12. The van der Waals surface area contributed by atoms with Crippen molar-refractivity contribution in [3.8, 4) is 11.4 Å². The second-order valence-corrected chi connectivity index (χ2v) is 6.40. The third-order valence-electron chi connectivity index (χ3n) is 3.90. The fraction of sp³-hybridized carbons (Fsp3) is 0.0526. The van der Waals surface area contributed by atoms with Crippen LogP contribution in [0.2, 0.25) is 0 Å². The number of nitrogens with zero attached hydrogens (tertiary/aromatic N) is 2. The van der Waals surface area contributed by atoms with E-state index in [2.05, 4.69) is 10.3 Å². The number of methoxy groups -OCH3 is 1. The lowest BCUT2D eigenvalue weighted by Gasteiger charge is -2.07. The van der Waals surface area contributed by atoms with E-state index in [1.165, 1.54) is 11.3 Å². The summed E-state index contributed by atoms with van der Waals surface area (Å²) in [4.78, 5) is 17.3. The van der Waals surface area contributed by atoms with E-state index < -0.39 is 0 Å². The molecule has 0 spiro atoms. The minimum absolute atomic E-state index is 0.107. The normalized spacial score (nSPS) is 10.8. The molecule has 124 valence electrons. The highest BCUT2D eigenvalue weighted by Gasteiger charge is 2.09. The van der Waals surface area contributed by atoms with Gasteiger partial charge in [0.1, 0.15) is 12.1 Å². The molecule has 0 radical (unpaired) electrons. The predicted octanol–water partition coefficient (Wildman–Crippen LogP) is 4.35. The molecule has 0 aliphatic rings. The quantitative estimate of drug-likeness (QED) is 0.596. The van der Waals surface area contributed by atoms with Gasteiger partial charge in [-0.05, 0) is 53.9 Å². The highest BCUT2D eigenvalue weighted by molar-refractivity contribution is 7.12. The van der Waals surface area contributed by atoms with E-state index in [9.17, 15) is 4.79 Å². The third kappa shape index (κ3) is 2.99. The van der Waals surface area contributed by atoms with E-state index in [0.717, 1.165) is 28.2 Å². The second kappa shape index (κ2) is 6.41. The zero-order valence-electron chi connectivity index (χ0n) is 13.5. The molecule has 0 aliphatic carbocycles. The van der Waals surface area contributed by atoms with Crippen LogP contribution in [0.25, 0.3) is 16.7 Å². The molecule has 0 unspecified atom stereocenters. The molecule has 2 aromatic heterocycles. The van der Waals surface area contributed by atoms with Gasteiger partial charge < -0.3 is 10.1 Å². The van der Waals surface area contributed by atoms with Crippen molar-refractivity contribution in [3.63, 3.8) is 0 Å². The van der Waals surface area contributed by atoms with Gasteiger partial charge in [-0.2, -0.15) is 0 Å². The molecule has 2 aromatic carbocycles. The minimum atomic E-state index is -0.107. The van der Waals surface area contributed by atoms with Gasteiger partial charge in [-0.15, -0.1) is 11.3 Å². The lowest BCUT2D eigenvalue weighted by atomic mass is 10.2. The summed E-state index contributed by atoms with van der Waals surface area (Å²) in [6.45, 7) is 0. The van der Waals surface area contributed by atoms with E-state index in [1.807, 2.05) is 58.5 Å². The van der Waals surface area contributed by atoms with Crippen LogP contribution in [0, 0.1) is 0 Å². The molecule has 0 atom stereocenters. The maximum Gasteiger partial charge on any atom is 0.265 e. The molecule has 4 aromatic rings. The molecular weight excluding hydrogens is 334 g/mol. The Morgan fingerprint density at radius 1 is 1.16 bits per heavy atom. The largest absolute Gasteiger partial charge is 0.497 e. The summed E-state index contributed by atoms with van der Waals surface area (Å²) in [6.07, 6.45) is 1.78. The van der Waals surface area contributed by atoms with Crippen LogP contribution in [0.4, 0.5) is 5.69 Å². The van der Waals surface area contributed by atoms with Crippen LogP contribution < -0.4 is 10.1 Å². The second-order valence-electron chi connectivity index (χ2n) is 5.45. The van der Waals surface area contributed by atoms with Gasteiger partial charge in [0.2, 0.25) is 0 Å². The Kier molecular flexibility index (Phi) is 3.95. The number of amides is 1. The summed E-state index contributed by atoms with van der Waals surface area (Å²) in [5.74, 6) is 0.704. The van der Waals surface area contributed by atoms with Crippen LogP contribution in [0.5, 0.6) is 5.75 Å². The van der Waals surface area contributed by atoms with Crippen LogP contribution >= 0.6 is 11.3 Å². The first kappa shape index (κ1) is 15.4. The summed E-state index contributed by atoms with van der Waals surface area (Å²) in [5.41, 5.74) is 3.52. The summed E-state index contributed by atoms with van der Waals surface area (Å²) >= 11 is 1.42. The van der Waals surface area contributed by atoms with E-state index in [-0.39, 0.29) is 5.91 Å². The average molecular weight is 349 g/mol. The van der Waals surface area contributed by atoms with Crippen LogP contribution in [0.1, 0.15) is 9.67 Å². The lowest BCUT2D eigenvalue weighted by molar-refractivity contribution is 0.103. The number of carbonyl (C=O) groups excluding carboxylic acids is 1. The van der Waals surface area contributed by atoms with Gasteiger partial charge >= 0.3 is 0 Å². The van der Waals surface area contributed by atoms with Crippen molar-refractivity contribution in [1.29, 1.82) is 0 Å². The Bertz CT molecular complexity index is 1020. The van der Waals surface area contributed by atoms with Crippen LogP contribution in [-0.2, 0) is 0 Å². The van der Waals surface area contributed by atoms with Crippen molar-refractivity contribution in [3.05, 3.63) is 71.2 Å². The number of hydrogen-bond acceptors (Lipinski definition) is 4. The van der Waals surface area contributed by atoms with Crippen LogP contribution in [-0.4, -0.2) is 22.6 Å². The van der Waals surface area contributed by atoms with Crippen molar-refractivity contribution in [1.82, 2.24) is 9.55 Å². The number of rotatable bonds is 4. The van der Waals surface area contributed by atoms with Gasteiger partial charge in [0.15, 0.2) is 0 Å². The molecule has 4 rings (SSSR count). The molecule has 6 heteroatoms. The molecule has 2 heterocycles. The molecular formula is C19H15N3O2S. The van der Waals surface area contributed by atoms with Crippen LogP contribution in [0.15, 0.2) is 66.3 Å². The molecule has 0 saturated carbocycles. The number of anilines is 1. The smallest absolute Gasteiger partial charge is 0.265 e. The number of aromatic nitrogens is 2. The van der Waals surface area contributed by atoms with E-state index in [0.29, 0.717) is 4.88 Å². The number of ether oxygens (including phenoxy) is 1. The van der Waals surface area contributed by atoms with Gasteiger partial charge in [-0.3, -0.25) is 9.36 Å². The number of nitrogens with one attached hydrogen (secondary N) is 1. The van der Waals surface area contributed by atoms with Gasteiger partial charge in [0.25, 0.3) is 5.91 Å². The Balaban J connectivity index is 1.63. The maximum absolute atomic E-state index is 12.2. The number of thiophene rings is 1. The SMILES string of the molecule is COc1ccc(-n2cnc3cc(NC(=O)c4cccs4)ccc32)cc1. The fourth-order valence-corrected chi connectivity index (χ4v) is 3.26. The number of carbonyl (C=O) groups is 1. The van der Waals surface area contributed by atoms with Gasteiger partial charge in [0.05, 0.1) is 23.0 Å². The highest BCUT2D eigenvalue weighted by atomic mass is 32.1. The Morgan fingerprint density at radius 2 is 2.00 bits per heavy atom. The van der Waals surface area contributed by atoms with Gasteiger partial charge in [-0.25, -0.2) is 4.98 Å². The number of hydrogen-bond donors (Lipinski definition) is 1. The molecule has 0 saturated heterocycles. The van der Waals surface area contributed by atoms with Crippen molar-refractivity contribution >= 4 is 34.0 Å². The minimum Gasteiger partial charge on any atom is -0.497 e. The number of fused-ring (bicyclic) bond motifs is 1. The number of benzene rings is 2. The Morgan fingerprint density at radius 3 is 2.72 bits per heavy atom. The molecule has 0 aliphatic heterocycles. The first-order valence-electron chi connectivity index (χ1n) is 7.71. The monoisotopic (exact) mass is 349 g/mol. The fourth-order valence-electron chi connectivity index (χ4n) is 2.64. The van der Waals surface area contributed by atoms with Gasteiger partial charge in [-0.1, -0.05) is 6.07 Å². The molecule has 25 heavy (non-hydrogen) atoms. The van der Waals surface area contributed by atoms with E-state index in [4.69, 9.17) is 4.74 Å². The first-order valence-corrected chi connectivity index (χ1v) is 8.59. The molecule has 0 fully saturated rings. The highest BCUT2D eigenvalue weighted by Crippen LogP contribution is 2.23. The first-order chi connectivity index (χ1) is 12.2. The predicted molar refractivity (Wildman–Crippen MR) is 99.9 cm³/mol. The van der Waals surface area contributed by atoms with E-state index >= 15 is 0 Å². The number of imidazole rings is 1. The zero-order valence-corrected chi connectivity index (χ0v) is 14.3. The van der Waals surface area contributed by atoms with Crippen molar-refractivity contribution in [2.24, 2.45) is 0 Å². The summed E-state index contributed by atoms with van der Waals surface area (Å²) < 4.78 is 7.19.